The van der Waals surface area contributed by atoms with Gasteiger partial charge in [0.1, 0.15) is 5.75 Å². The number of carbonyl (C=O) groups excluding carboxylic acids is 1. The fourth-order valence-electron chi connectivity index (χ4n) is 2.78. The van der Waals surface area contributed by atoms with E-state index in [-0.39, 0.29) is 11.5 Å². The fourth-order valence-corrected chi connectivity index (χ4v) is 3.60. The molecule has 0 aliphatic heterocycles. The smallest absolute Gasteiger partial charge is 0.254 e. The van der Waals surface area contributed by atoms with Crippen molar-refractivity contribution in [2.75, 3.05) is 11.9 Å². The maximum absolute atomic E-state index is 12.5. The number of H-pyrrole nitrogens is 1. The molecular formula is C18H21N3O3S. The summed E-state index contributed by atoms with van der Waals surface area (Å²) in [6.07, 6.45) is 2.58. The lowest BCUT2D eigenvalue weighted by molar-refractivity contribution is -0.115. The standard InChI is InChI=1S/C18H21N3O3S/c1-3-24-15-10-5-4-8-14(15)19-16(22)11(2)25-18-20-13-9-6-7-12(13)17(23)21-18/h4-5,8,10-11H,3,6-7,9H2,1-2H3,(H,19,22)(H,20,21,23)/t11-/m1/s1. The Kier molecular flexibility index (Phi) is 5.43. The van der Waals surface area contributed by atoms with Gasteiger partial charge >= 0.3 is 0 Å². The molecule has 1 atom stereocenters. The van der Waals surface area contributed by atoms with Crippen molar-refractivity contribution in [3.63, 3.8) is 0 Å². The van der Waals surface area contributed by atoms with E-state index >= 15 is 0 Å². The highest BCUT2D eigenvalue weighted by atomic mass is 32.2. The van der Waals surface area contributed by atoms with Crippen molar-refractivity contribution in [2.45, 2.75) is 43.5 Å². The minimum absolute atomic E-state index is 0.0840. The van der Waals surface area contributed by atoms with Crippen LogP contribution in [0, 0.1) is 0 Å². The number of aromatic amines is 1. The van der Waals surface area contributed by atoms with Gasteiger partial charge in [-0.15, -0.1) is 0 Å². The molecule has 132 valence electrons. The zero-order valence-electron chi connectivity index (χ0n) is 14.3. The number of para-hydroxylation sites is 2. The lowest BCUT2D eigenvalue weighted by atomic mass is 10.3. The van der Waals surface area contributed by atoms with E-state index in [2.05, 4.69) is 15.3 Å². The molecule has 3 rings (SSSR count). The van der Waals surface area contributed by atoms with E-state index in [0.717, 1.165) is 30.5 Å². The molecule has 1 aromatic carbocycles. The molecule has 2 N–H and O–H groups in total. The molecular weight excluding hydrogens is 338 g/mol. The van der Waals surface area contributed by atoms with Crippen LogP contribution < -0.4 is 15.6 Å². The first kappa shape index (κ1) is 17.5. The molecule has 25 heavy (non-hydrogen) atoms. The van der Waals surface area contributed by atoms with Crippen LogP contribution in [-0.4, -0.2) is 27.7 Å². The number of carbonyl (C=O) groups is 1. The van der Waals surface area contributed by atoms with Crippen LogP contribution in [0.25, 0.3) is 0 Å². The van der Waals surface area contributed by atoms with Crippen LogP contribution in [0.2, 0.25) is 0 Å². The van der Waals surface area contributed by atoms with Gasteiger partial charge in [0.2, 0.25) is 5.91 Å². The predicted octanol–water partition coefficient (Wildman–Crippen LogP) is 2.78. The number of rotatable bonds is 6. The van der Waals surface area contributed by atoms with Gasteiger partial charge in [-0.1, -0.05) is 23.9 Å². The van der Waals surface area contributed by atoms with Crippen LogP contribution in [0.1, 0.15) is 31.5 Å². The maximum atomic E-state index is 12.5. The molecule has 0 bridgehead atoms. The monoisotopic (exact) mass is 359 g/mol. The third-order valence-corrected chi connectivity index (χ3v) is 5.01. The average Bonchev–Trinajstić information content (AvgIpc) is 3.06. The van der Waals surface area contributed by atoms with Crippen LogP contribution in [-0.2, 0) is 17.6 Å². The number of fused-ring (bicyclic) bond motifs is 1. The zero-order chi connectivity index (χ0) is 17.8. The van der Waals surface area contributed by atoms with Crippen LogP contribution in [0.3, 0.4) is 0 Å². The van der Waals surface area contributed by atoms with E-state index in [9.17, 15) is 9.59 Å². The van der Waals surface area contributed by atoms with Crippen molar-refractivity contribution in [2.24, 2.45) is 0 Å². The molecule has 0 radical (unpaired) electrons. The second-order valence-electron chi connectivity index (χ2n) is 5.83. The molecule has 1 amide bonds. The third-order valence-electron chi connectivity index (χ3n) is 4.02. The van der Waals surface area contributed by atoms with E-state index in [1.807, 2.05) is 25.1 Å². The topological polar surface area (TPSA) is 84.1 Å². The molecule has 0 saturated heterocycles. The summed E-state index contributed by atoms with van der Waals surface area (Å²) in [7, 11) is 0. The Morgan fingerprint density at radius 1 is 1.40 bits per heavy atom. The van der Waals surface area contributed by atoms with Gasteiger partial charge in [-0.3, -0.25) is 9.59 Å². The largest absolute Gasteiger partial charge is 0.492 e. The number of aromatic nitrogens is 2. The number of hydrogen-bond donors (Lipinski definition) is 2. The Hall–Kier alpha value is -2.28. The molecule has 1 aromatic heterocycles. The first-order valence-electron chi connectivity index (χ1n) is 8.40. The first-order valence-corrected chi connectivity index (χ1v) is 9.28. The van der Waals surface area contributed by atoms with Gasteiger partial charge in [0.15, 0.2) is 5.16 Å². The fraction of sp³-hybridized carbons (Fsp3) is 0.389. The first-order chi connectivity index (χ1) is 12.1. The minimum atomic E-state index is -0.405. The molecule has 0 spiro atoms. The number of thioether (sulfide) groups is 1. The number of aryl methyl sites for hydroxylation is 1. The summed E-state index contributed by atoms with van der Waals surface area (Å²) in [5, 5.41) is 2.96. The molecule has 6 nitrogen and oxygen atoms in total. The summed E-state index contributed by atoms with van der Waals surface area (Å²) < 4.78 is 5.52. The third kappa shape index (κ3) is 4.04. The number of ether oxygens (including phenoxy) is 1. The summed E-state index contributed by atoms with van der Waals surface area (Å²) in [5.74, 6) is 0.472. The van der Waals surface area contributed by atoms with Crippen molar-refractivity contribution in [1.29, 1.82) is 0 Å². The van der Waals surface area contributed by atoms with Crippen molar-refractivity contribution in [1.82, 2.24) is 9.97 Å². The maximum Gasteiger partial charge on any atom is 0.254 e. The van der Waals surface area contributed by atoms with Crippen LogP contribution in [0.15, 0.2) is 34.2 Å². The number of nitrogens with zero attached hydrogens (tertiary/aromatic N) is 1. The van der Waals surface area contributed by atoms with E-state index in [4.69, 9.17) is 4.74 Å². The number of benzene rings is 1. The zero-order valence-corrected chi connectivity index (χ0v) is 15.1. The molecule has 0 fully saturated rings. The quantitative estimate of drug-likeness (QED) is 0.612. The van der Waals surface area contributed by atoms with Gasteiger partial charge in [0, 0.05) is 5.56 Å². The summed E-state index contributed by atoms with van der Waals surface area (Å²) >= 11 is 1.25. The Morgan fingerprint density at radius 3 is 3.00 bits per heavy atom. The van der Waals surface area contributed by atoms with Gasteiger partial charge in [0.05, 0.1) is 23.2 Å². The predicted molar refractivity (Wildman–Crippen MR) is 98.4 cm³/mol. The van der Waals surface area contributed by atoms with Crippen molar-refractivity contribution in [3.05, 3.63) is 45.9 Å². The Balaban J connectivity index is 1.69. The van der Waals surface area contributed by atoms with E-state index < -0.39 is 5.25 Å². The summed E-state index contributed by atoms with van der Waals surface area (Å²) in [4.78, 5) is 31.8. The van der Waals surface area contributed by atoms with Gasteiger partial charge < -0.3 is 15.0 Å². The molecule has 7 heteroatoms. The molecule has 1 aliphatic carbocycles. The van der Waals surface area contributed by atoms with E-state index in [1.165, 1.54) is 11.8 Å². The van der Waals surface area contributed by atoms with E-state index in [1.54, 1.807) is 13.0 Å². The van der Waals surface area contributed by atoms with Crippen LogP contribution in [0.5, 0.6) is 5.75 Å². The normalized spacial score (nSPS) is 14.0. The molecule has 0 unspecified atom stereocenters. The SMILES string of the molecule is CCOc1ccccc1NC(=O)[C@@H](C)Sc1nc2c(c(=O)[nH]1)CCC2. The average molecular weight is 359 g/mol. The molecule has 0 saturated carbocycles. The van der Waals surface area contributed by atoms with Crippen molar-refractivity contribution >= 4 is 23.4 Å². The number of amides is 1. The highest BCUT2D eigenvalue weighted by Gasteiger charge is 2.21. The Morgan fingerprint density at radius 2 is 2.20 bits per heavy atom. The Bertz CT molecular complexity index is 835. The highest BCUT2D eigenvalue weighted by molar-refractivity contribution is 8.00. The molecule has 1 heterocycles. The lowest BCUT2D eigenvalue weighted by Gasteiger charge is -2.14. The minimum Gasteiger partial charge on any atom is -0.492 e. The Labute approximate surface area is 150 Å². The number of anilines is 1. The highest BCUT2D eigenvalue weighted by Crippen LogP contribution is 2.27. The van der Waals surface area contributed by atoms with Crippen LogP contribution >= 0.6 is 11.8 Å². The van der Waals surface area contributed by atoms with E-state index in [0.29, 0.717) is 23.2 Å². The number of hydrogen-bond acceptors (Lipinski definition) is 5. The molecule has 2 aromatic rings. The van der Waals surface area contributed by atoms with Gasteiger partial charge in [-0.25, -0.2) is 4.98 Å². The van der Waals surface area contributed by atoms with Crippen molar-refractivity contribution in [3.8, 4) is 5.75 Å². The van der Waals surface area contributed by atoms with Gasteiger partial charge in [-0.05, 0) is 45.2 Å². The van der Waals surface area contributed by atoms with Gasteiger partial charge in [-0.2, -0.15) is 0 Å². The summed E-state index contributed by atoms with van der Waals surface area (Å²) in [5.41, 5.74) is 2.20. The van der Waals surface area contributed by atoms with Crippen LogP contribution in [0.4, 0.5) is 5.69 Å². The summed E-state index contributed by atoms with van der Waals surface area (Å²) in [6.45, 7) is 4.21. The molecule has 1 aliphatic rings. The second kappa shape index (κ2) is 7.74. The summed E-state index contributed by atoms with van der Waals surface area (Å²) in [6, 6.07) is 7.32. The second-order valence-corrected chi connectivity index (χ2v) is 7.16. The number of nitrogens with one attached hydrogen (secondary N) is 2. The lowest BCUT2D eigenvalue weighted by Crippen LogP contribution is -2.24. The van der Waals surface area contributed by atoms with Gasteiger partial charge in [0.25, 0.3) is 5.56 Å². The van der Waals surface area contributed by atoms with Crippen molar-refractivity contribution < 1.29 is 9.53 Å².